The molecule has 2 rings (SSSR count). The van der Waals surface area contributed by atoms with E-state index >= 15 is 0 Å². The van der Waals surface area contributed by atoms with Crippen molar-refractivity contribution in [2.45, 2.75) is 6.04 Å². The minimum Gasteiger partial charge on any atom is -0.309 e. The van der Waals surface area contributed by atoms with Gasteiger partial charge in [-0.1, -0.05) is 35.3 Å². The molecule has 0 bridgehead atoms. The summed E-state index contributed by atoms with van der Waals surface area (Å²) in [6.45, 7) is 0. The van der Waals surface area contributed by atoms with Crippen LogP contribution < -0.4 is 5.32 Å². The first-order valence-corrected chi connectivity index (χ1v) is 7.15. The highest BCUT2D eigenvalue weighted by molar-refractivity contribution is 9.10. The second-order valence-electron chi connectivity index (χ2n) is 4.07. The fourth-order valence-electron chi connectivity index (χ4n) is 1.91. The summed E-state index contributed by atoms with van der Waals surface area (Å²) in [5.74, 6) is -0.294. The lowest BCUT2D eigenvalue weighted by Gasteiger charge is -2.18. The Morgan fingerprint density at radius 3 is 2.26 bits per heavy atom. The molecule has 5 heteroatoms. The van der Waals surface area contributed by atoms with E-state index in [4.69, 9.17) is 23.2 Å². The van der Waals surface area contributed by atoms with Crippen molar-refractivity contribution in [1.82, 2.24) is 5.32 Å². The fourth-order valence-corrected chi connectivity index (χ4v) is 2.46. The Labute approximate surface area is 129 Å². The van der Waals surface area contributed by atoms with E-state index in [1.807, 2.05) is 19.2 Å². The minimum absolute atomic E-state index is 0.141. The highest BCUT2D eigenvalue weighted by Crippen LogP contribution is 2.30. The van der Waals surface area contributed by atoms with Crippen LogP contribution in [0.4, 0.5) is 4.39 Å². The lowest BCUT2D eigenvalue weighted by atomic mass is 9.99. The zero-order valence-electron chi connectivity index (χ0n) is 10.1. The summed E-state index contributed by atoms with van der Waals surface area (Å²) < 4.78 is 14.1. The standard InChI is InChI=1S/C14H11BrCl2FN/c1-19-14(8-3-5-11(16)12(17)6-8)9-2-4-10(15)13(18)7-9/h2-7,14,19H,1H3. The Bertz CT molecular complexity index is 552. The molecule has 0 fully saturated rings. The summed E-state index contributed by atoms with van der Waals surface area (Å²) in [6.07, 6.45) is 0. The van der Waals surface area contributed by atoms with Gasteiger partial charge in [0.25, 0.3) is 0 Å². The van der Waals surface area contributed by atoms with Crippen molar-refractivity contribution in [2.24, 2.45) is 0 Å². The van der Waals surface area contributed by atoms with Crippen LogP contribution in [0, 0.1) is 5.82 Å². The first-order valence-electron chi connectivity index (χ1n) is 5.60. The number of hydrogen-bond acceptors (Lipinski definition) is 1. The molecule has 0 spiro atoms. The van der Waals surface area contributed by atoms with Crippen LogP contribution in [0.3, 0.4) is 0 Å². The maximum absolute atomic E-state index is 13.6. The van der Waals surface area contributed by atoms with Crippen molar-refractivity contribution in [3.05, 3.63) is 67.9 Å². The second kappa shape index (κ2) is 6.23. The van der Waals surface area contributed by atoms with Crippen molar-refractivity contribution < 1.29 is 4.39 Å². The lowest BCUT2D eigenvalue weighted by Crippen LogP contribution is -2.17. The minimum atomic E-state index is -0.294. The van der Waals surface area contributed by atoms with Crippen molar-refractivity contribution in [3.63, 3.8) is 0 Å². The van der Waals surface area contributed by atoms with Crippen LogP contribution in [-0.4, -0.2) is 7.05 Å². The molecule has 0 aliphatic heterocycles. The van der Waals surface area contributed by atoms with Gasteiger partial charge in [-0.3, -0.25) is 0 Å². The SMILES string of the molecule is CNC(c1ccc(Br)c(F)c1)c1ccc(Cl)c(Cl)c1. The van der Waals surface area contributed by atoms with Gasteiger partial charge in [0.1, 0.15) is 5.82 Å². The van der Waals surface area contributed by atoms with Crippen LogP contribution in [0.1, 0.15) is 17.2 Å². The molecule has 0 aliphatic rings. The molecule has 1 atom stereocenters. The van der Waals surface area contributed by atoms with E-state index in [-0.39, 0.29) is 11.9 Å². The topological polar surface area (TPSA) is 12.0 Å². The molecule has 1 N–H and O–H groups in total. The number of benzene rings is 2. The quantitative estimate of drug-likeness (QED) is 0.790. The highest BCUT2D eigenvalue weighted by atomic mass is 79.9. The van der Waals surface area contributed by atoms with Gasteiger partial charge < -0.3 is 5.32 Å². The summed E-state index contributed by atoms with van der Waals surface area (Å²) >= 11 is 15.1. The lowest BCUT2D eigenvalue weighted by molar-refractivity contribution is 0.610. The van der Waals surface area contributed by atoms with Crippen LogP contribution in [0.25, 0.3) is 0 Å². The molecule has 0 radical (unpaired) electrons. The Morgan fingerprint density at radius 2 is 1.68 bits per heavy atom. The van der Waals surface area contributed by atoms with Crippen LogP contribution in [-0.2, 0) is 0 Å². The van der Waals surface area contributed by atoms with Crippen molar-refractivity contribution in [3.8, 4) is 0 Å². The number of hydrogen-bond donors (Lipinski definition) is 1. The third-order valence-electron chi connectivity index (χ3n) is 2.84. The van der Waals surface area contributed by atoms with Crippen molar-refractivity contribution in [1.29, 1.82) is 0 Å². The van der Waals surface area contributed by atoms with Gasteiger partial charge in [0.05, 0.1) is 20.6 Å². The average molecular weight is 363 g/mol. The third-order valence-corrected chi connectivity index (χ3v) is 4.22. The molecular formula is C14H11BrCl2FN. The molecule has 0 saturated heterocycles. The van der Waals surface area contributed by atoms with Gasteiger partial charge in [0.15, 0.2) is 0 Å². The molecule has 1 unspecified atom stereocenters. The first kappa shape index (κ1) is 14.8. The molecule has 2 aromatic rings. The predicted molar refractivity (Wildman–Crippen MR) is 81.5 cm³/mol. The summed E-state index contributed by atoms with van der Waals surface area (Å²) in [6, 6.07) is 10.3. The predicted octanol–water partition coefficient (Wildman–Crippen LogP) is 5.20. The van der Waals surface area contributed by atoms with E-state index in [1.165, 1.54) is 6.07 Å². The molecule has 100 valence electrons. The van der Waals surface area contributed by atoms with Gasteiger partial charge in [-0.2, -0.15) is 0 Å². The normalized spacial score (nSPS) is 12.5. The van der Waals surface area contributed by atoms with Crippen LogP contribution >= 0.6 is 39.1 Å². The molecular weight excluding hydrogens is 352 g/mol. The zero-order valence-corrected chi connectivity index (χ0v) is 13.2. The highest BCUT2D eigenvalue weighted by Gasteiger charge is 2.14. The van der Waals surface area contributed by atoms with Gasteiger partial charge >= 0.3 is 0 Å². The van der Waals surface area contributed by atoms with E-state index in [1.54, 1.807) is 18.2 Å². The molecule has 0 heterocycles. The summed E-state index contributed by atoms with van der Waals surface area (Å²) in [7, 11) is 1.81. The van der Waals surface area contributed by atoms with Crippen molar-refractivity contribution in [2.75, 3.05) is 7.05 Å². The number of rotatable bonds is 3. The molecule has 0 aliphatic carbocycles. The smallest absolute Gasteiger partial charge is 0.137 e. The number of halogens is 4. The molecule has 0 aromatic heterocycles. The van der Waals surface area contributed by atoms with E-state index < -0.39 is 0 Å². The molecule has 0 amide bonds. The van der Waals surface area contributed by atoms with Crippen LogP contribution in [0.2, 0.25) is 10.0 Å². The monoisotopic (exact) mass is 361 g/mol. The van der Waals surface area contributed by atoms with Gasteiger partial charge in [-0.25, -0.2) is 4.39 Å². The van der Waals surface area contributed by atoms with E-state index in [9.17, 15) is 4.39 Å². The van der Waals surface area contributed by atoms with Crippen molar-refractivity contribution >= 4 is 39.1 Å². The largest absolute Gasteiger partial charge is 0.309 e. The average Bonchev–Trinajstić information content (AvgIpc) is 2.39. The van der Waals surface area contributed by atoms with Gasteiger partial charge in [-0.05, 0) is 58.4 Å². The van der Waals surface area contributed by atoms with Crippen LogP contribution in [0.5, 0.6) is 0 Å². The van der Waals surface area contributed by atoms with Gasteiger partial charge in [-0.15, -0.1) is 0 Å². The maximum Gasteiger partial charge on any atom is 0.137 e. The van der Waals surface area contributed by atoms with E-state index in [2.05, 4.69) is 21.2 Å². The molecule has 0 saturated carbocycles. The van der Waals surface area contributed by atoms with Gasteiger partial charge in [0, 0.05) is 0 Å². The Balaban J connectivity index is 2.43. The first-order chi connectivity index (χ1) is 9.02. The Hall–Kier alpha value is -0.610. The maximum atomic E-state index is 13.6. The van der Waals surface area contributed by atoms with Gasteiger partial charge in [0.2, 0.25) is 0 Å². The zero-order chi connectivity index (χ0) is 14.0. The number of nitrogens with one attached hydrogen (secondary N) is 1. The molecule has 19 heavy (non-hydrogen) atoms. The van der Waals surface area contributed by atoms with E-state index in [0.717, 1.165) is 11.1 Å². The Morgan fingerprint density at radius 1 is 1.05 bits per heavy atom. The fraction of sp³-hybridized carbons (Fsp3) is 0.143. The van der Waals surface area contributed by atoms with Crippen LogP contribution in [0.15, 0.2) is 40.9 Å². The second-order valence-corrected chi connectivity index (χ2v) is 5.74. The molecule has 2 aromatic carbocycles. The molecule has 1 nitrogen and oxygen atoms in total. The van der Waals surface area contributed by atoms with E-state index in [0.29, 0.717) is 14.5 Å². The summed E-state index contributed by atoms with van der Waals surface area (Å²) in [4.78, 5) is 0. The summed E-state index contributed by atoms with van der Waals surface area (Å²) in [5.41, 5.74) is 1.75. The third kappa shape index (κ3) is 3.29. The Kier molecular flexibility index (Phi) is 4.85. The summed E-state index contributed by atoms with van der Waals surface area (Å²) in [5, 5.41) is 4.13.